The van der Waals surface area contributed by atoms with Crippen molar-refractivity contribution in [3.05, 3.63) is 25.6 Å². The van der Waals surface area contributed by atoms with E-state index in [1.54, 1.807) is 0 Å². The highest BCUT2D eigenvalue weighted by molar-refractivity contribution is 9.13. The van der Waals surface area contributed by atoms with Gasteiger partial charge in [0, 0.05) is 17.1 Å². The van der Waals surface area contributed by atoms with Gasteiger partial charge in [0.1, 0.15) is 5.84 Å². The Morgan fingerprint density at radius 3 is 2.50 bits per heavy atom. The van der Waals surface area contributed by atoms with Gasteiger partial charge in [0.25, 0.3) is 0 Å². The number of nitrogens with zero attached hydrogens (tertiary/aromatic N) is 2. The number of unbranched alkanes of at least 4 members (excludes halogenated alkanes) is 1. The van der Waals surface area contributed by atoms with E-state index in [0.717, 1.165) is 33.4 Å². The van der Waals surface area contributed by atoms with Crippen LogP contribution in [0.2, 0.25) is 0 Å². The van der Waals surface area contributed by atoms with Gasteiger partial charge in [0.05, 0.1) is 10.2 Å². The number of likely N-dealkylation sites (tertiary alicyclic amines) is 1. The van der Waals surface area contributed by atoms with Crippen molar-refractivity contribution in [2.45, 2.75) is 79.2 Å². The van der Waals surface area contributed by atoms with Gasteiger partial charge >= 0.3 is 0 Å². The van der Waals surface area contributed by atoms with Crippen molar-refractivity contribution < 1.29 is 0 Å². The lowest BCUT2D eigenvalue weighted by Gasteiger charge is -2.35. The number of aliphatic imine (C=N–C) groups is 1. The zero-order chi connectivity index (χ0) is 17.9. The molecule has 0 saturated carbocycles. The lowest BCUT2D eigenvalue weighted by Crippen LogP contribution is -2.40. The van der Waals surface area contributed by atoms with Crippen LogP contribution in [0.5, 0.6) is 0 Å². The Labute approximate surface area is 164 Å². The number of halogens is 2. The second-order valence-electron chi connectivity index (χ2n) is 7.01. The summed E-state index contributed by atoms with van der Waals surface area (Å²) >= 11 is 7.55. The molecule has 1 fully saturated rings. The summed E-state index contributed by atoms with van der Waals surface area (Å²) in [6.45, 7) is 12.3. The van der Waals surface area contributed by atoms with Gasteiger partial charge in [-0.2, -0.15) is 0 Å². The van der Waals surface area contributed by atoms with E-state index in [4.69, 9.17) is 4.99 Å². The SMILES string of the molecule is CCCCc1c(C)c(Br)c(Br)c(N=C(C)N2CCCCC2C)c1C. The summed E-state index contributed by atoms with van der Waals surface area (Å²) in [7, 11) is 0. The molecular formula is C20H30Br2N2. The molecule has 1 aromatic carbocycles. The molecule has 0 aliphatic carbocycles. The molecule has 1 aliphatic heterocycles. The van der Waals surface area contributed by atoms with Gasteiger partial charge in [-0.25, -0.2) is 4.99 Å². The first kappa shape index (κ1) is 20.0. The third-order valence-electron chi connectivity index (χ3n) is 5.26. The molecule has 0 amide bonds. The van der Waals surface area contributed by atoms with Crippen molar-refractivity contribution in [3.8, 4) is 0 Å². The number of amidine groups is 1. The summed E-state index contributed by atoms with van der Waals surface area (Å²) in [6, 6.07) is 0.593. The van der Waals surface area contributed by atoms with Gasteiger partial charge in [-0.1, -0.05) is 13.3 Å². The van der Waals surface area contributed by atoms with Gasteiger partial charge in [-0.05, 0) is 108 Å². The number of hydrogen-bond donors (Lipinski definition) is 0. The van der Waals surface area contributed by atoms with Crippen molar-refractivity contribution >= 4 is 43.4 Å². The molecule has 4 heteroatoms. The summed E-state index contributed by atoms with van der Waals surface area (Å²) in [5.41, 5.74) is 5.20. The van der Waals surface area contributed by atoms with E-state index in [1.807, 2.05) is 0 Å². The van der Waals surface area contributed by atoms with Gasteiger partial charge in [-0.15, -0.1) is 0 Å². The maximum atomic E-state index is 5.07. The second kappa shape index (κ2) is 8.84. The topological polar surface area (TPSA) is 15.6 Å². The molecule has 0 bridgehead atoms. The van der Waals surface area contributed by atoms with Gasteiger partial charge in [-0.3, -0.25) is 0 Å². The summed E-state index contributed by atoms with van der Waals surface area (Å²) in [5.74, 6) is 1.14. The van der Waals surface area contributed by atoms with Crippen LogP contribution < -0.4 is 0 Å². The Morgan fingerprint density at radius 2 is 1.88 bits per heavy atom. The molecule has 0 radical (unpaired) electrons. The van der Waals surface area contributed by atoms with E-state index in [9.17, 15) is 0 Å². The number of benzene rings is 1. The van der Waals surface area contributed by atoms with E-state index >= 15 is 0 Å². The Balaban J connectivity index is 2.45. The summed E-state index contributed by atoms with van der Waals surface area (Å²) < 4.78 is 2.24. The zero-order valence-electron chi connectivity index (χ0n) is 15.7. The first-order valence-corrected chi connectivity index (χ1v) is 10.8. The minimum Gasteiger partial charge on any atom is -0.358 e. The number of piperidine rings is 1. The first-order chi connectivity index (χ1) is 11.4. The molecule has 2 rings (SSSR count). The molecule has 24 heavy (non-hydrogen) atoms. The highest BCUT2D eigenvalue weighted by Gasteiger charge is 2.21. The van der Waals surface area contributed by atoms with Crippen LogP contribution in [0.3, 0.4) is 0 Å². The second-order valence-corrected chi connectivity index (χ2v) is 8.59. The smallest absolute Gasteiger partial charge is 0.102 e. The van der Waals surface area contributed by atoms with Crippen LogP contribution in [0.25, 0.3) is 0 Å². The highest BCUT2D eigenvalue weighted by Crippen LogP contribution is 2.41. The predicted molar refractivity (Wildman–Crippen MR) is 113 cm³/mol. The number of hydrogen-bond acceptors (Lipinski definition) is 1. The predicted octanol–water partition coefficient (Wildman–Crippen LogP) is 7.10. The molecule has 0 aromatic heterocycles. The minimum absolute atomic E-state index is 0.593. The molecule has 1 aliphatic rings. The molecule has 1 saturated heterocycles. The van der Waals surface area contributed by atoms with Crippen molar-refractivity contribution in [2.24, 2.45) is 4.99 Å². The fourth-order valence-corrected chi connectivity index (χ4v) is 4.77. The van der Waals surface area contributed by atoms with Crippen molar-refractivity contribution in [3.63, 3.8) is 0 Å². The summed E-state index contributed by atoms with van der Waals surface area (Å²) in [5, 5.41) is 0. The molecule has 1 unspecified atom stereocenters. The number of rotatable bonds is 4. The van der Waals surface area contributed by atoms with Crippen molar-refractivity contribution in [1.82, 2.24) is 4.90 Å². The summed E-state index contributed by atoms with van der Waals surface area (Å²) in [4.78, 5) is 7.54. The van der Waals surface area contributed by atoms with Crippen LogP contribution in [0.4, 0.5) is 5.69 Å². The Kier molecular flexibility index (Phi) is 7.36. The quantitative estimate of drug-likeness (QED) is 0.347. The first-order valence-electron chi connectivity index (χ1n) is 9.17. The molecular weight excluding hydrogens is 428 g/mol. The largest absolute Gasteiger partial charge is 0.358 e. The van der Waals surface area contributed by atoms with E-state index in [2.05, 4.69) is 71.4 Å². The van der Waals surface area contributed by atoms with Crippen LogP contribution in [0.1, 0.15) is 69.6 Å². The Bertz CT molecular complexity index is 623. The molecule has 0 N–H and O–H groups in total. The third kappa shape index (κ3) is 4.24. The standard InChI is InChI=1S/C20H30Br2N2/c1-6-7-11-17-14(3)18(21)19(22)20(15(17)4)23-16(5)24-12-9-8-10-13(24)2/h13H,6-12H2,1-5H3. The summed E-state index contributed by atoms with van der Waals surface area (Å²) in [6.07, 6.45) is 7.45. The molecule has 2 nitrogen and oxygen atoms in total. The van der Waals surface area contributed by atoms with Crippen LogP contribution >= 0.6 is 31.9 Å². The van der Waals surface area contributed by atoms with Gasteiger partial charge < -0.3 is 4.90 Å². The molecule has 1 heterocycles. The van der Waals surface area contributed by atoms with E-state index in [-0.39, 0.29) is 0 Å². The van der Waals surface area contributed by atoms with Crippen LogP contribution in [-0.4, -0.2) is 23.3 Å². The van der Waals surface area contributed by atoms with Crippen LogP contribution in [-0.2, 0) is 6.42 Å². The maximum Gasteiger partial charge on any atom is 0.102 e. The lowest BCUT2D eigenvalue weighted by molar-refractivity contribution is 0.257. The Morgan fingerprint density at radius 1 is 1.17 bits per heavy atom. The normalized spacial score (nSPS) is 19.0. The van der Waals surface area contributed by atoms with Crippen molar-refractivity contribution in [2.75, 3.05) is 6.54 Å². The van der Waals surface area contributed by atoms with Crippen LogP contribution in [0, 0.1) is 13.8 Å². The Hall–Kier alpha value is -0.350. The third-order valence-corrected chi connectivity index (χ3v) is 7.56. The van der Waals surface area contributed by atoms with E-state index in [0.29, 0.717) is 6.04 Å². The molecule has 1 atom stereocenters. The van der Waals surface area contributed by atoms with E-state index < -0.39 is 0 Å². The minimum atomic E-state index is 0.593. The lowest BCUT2D eigenvalue weighted by atomic mass is 9.96. The average molecular weight is 458 g/mol. The molecule has 134 valence electrons. The molecule has 1 aromatic rings. The fourth-order valence-electron chi connectivity index (χ4n) is 3.66. The van der Waals surface area contributed by atoms with Crippen molar-refractivity contribution in [1.29, 1.82) is 0 Å². The fraction of sp³-hybridized carbons (Fsp3) is 0.650. The monoisotopic (exact) mass is 456 g/mol. The average Bonchev–Trinajstić information content (AvgIpc) is 2.57. The van der Waals surface area contributed by atoms with E-state index in [1.165, 1.54) is 48.8 Å². The zero-order valence-corrected chi connectivity index (χ0v) is 18.8. The van der Waals surface area contributed by atoms with Gasteiger partial charge in [0.15, 0.2) is 0 Å². The molecule has 0 spiro atoms. The maximum absolute atomic E-state index is 5.07. The van der Waals surface area contributed by atoms with Crippen LogP contribution in [0.15, 0.2) is 13.9 Å². The highest BCUT2D eigenvalue weighted by atomic mass is 79.9. The van der Waals surface area contributed by atoms with Gasteiger partial charge in [0.2, 0.25) is 0 Å².